The second kappa shape index (κ2) is 14.1. The fraction of sp³-hybridized carbons (Fsp3) is 0. The van der Waals surface area contributed by atoms with Gasteiger partial charge < -0.3 is 13.7 Å². The van der Waals surface area contributed by atoms with E-state index in [0.29, 0.717) is 0 Å². The molecule has 0 aliphatic rings. The maximum atomic E-state index is 5.78. The van der Waals surface area contributed by atoms with E-state index in [1.54, 1.807) is 0 Å². The molecule has 0 aliphatic carbocycles. The van der Waals surface area contributed by atoms with Crippen LogP contribution in [0.2, 0.25) is 0 Å². The van der Waals surface area contributed by atoms with Gasteiger partial charge in [0.05, 0.1) is 44.5 Å². The molecule has 0 spiro atoms. The topological polar surface area (TPSA) is 27.7 Å². The van der Waals surface area contributed by atoms with E-state index in [1.165, 1.54) is 43.4 Å². The fourth-order valence-electron chi connectivity index (χ4n) is 10.2. The predicted octanol–water partition coefficient (Wildman–Crippen LogP) is 15.4. The standard InChI is InChI=1S/C59H38N4/c1-4-19-40(20-5-1)61-54-34-13-10-25-44(54)47-29-16-28-43(57(47)61)39-37-52(50-32-17-30-48-45-26-11-14-35-55(45)62(58(48)50)41-21-6-2-7-22-41)60-53(38-39)51-33-18-31-49-46-27-12-15-36-56(46)63(59(49)51)42-23-8-3-9-24-42/h1-38H. The summed E-state index contributed by atoms with van der Waals surface area (Å²) in [6.07, 6.45) is 0. The number of hydrogen-bond donors (Lipinski definition) is 0. The number of para-hydroxylation sites is 9. The summed E-state index contributed by atoms with van der Waals surface area (Å²) in [7, 11) is 0. The highest BCUT2D eigenvalue weighted by molar-refractivity contribution is 6.17. The zero-order chi connectivity index (χ0) is 41.4. The zero-order valence-corrected chi connectivity index (χ0v) is 34.2. The number of rotatable bonds is 6. The Bertz CT molecular complexity index is 3470. The van der Waals surface area contributed by atoms with Gasteiger partial charge in [-0.05, 0) is 72.3 Å². The molecule has 0 unspecified atom stereocenters. The number of aromatic nitrogens is 4. The largest absolute Gasteiger partial charge is 0.309 e. The van der Waals surface area contributed by atoms with Crippen molar-refractivity contribution in [1.29, 1.82) is 0 Å². The van der Waals surface area contributed by atoms with E-state index in [-0.39, 0.29) is 0 Å². The third kappa shape index (κ3) is 5.38. The summed E-state index contributed by atoms with van der Waals surface area (Å²) in [5, 5.41) is 7.25. The van der Waals surface area contributed by atoms with Gasteiger partial charge in [0.1, 0.15) is 0 Å². The molecule has 63 heavy (non-hydrogen) atoms. The third-order valence-corrected chi connectivity index (χ3v) is 12.8. The van der Waals surface area contributed by atoms with Gasteiger partial charge >= 0.3 is 0 Å². The molecule has 0 fully saturated rings. The maximum absolute atomic E-state index is 5.78. The van der Waals surface area contributed by atoms with Crippen LogP contribution in [0.1, 0.15) is 0 Å². The molecule has 9 aromatic carbocycles. The van der Waals surface area contributed by atoms with Crippen LogP contribution in [0, 0.1) is 0 Å². The van der Waals surface area contributed by atoms with Crippen molar-refractivity contribution < 1.29 is 0 Å². The van der Waals surface area contributed by atoms with Gasteiger partial charge in [-0.15, -0.1) is 0 Å². The molecule has 4 aromatic heterocycles. The molecule has 0 amide bonds. The van der Waals surface area contributed by atoms with Crippen molar-refractivity contribution in [2.45, 2.75) is 0 Å². The van der Waals surface area contributed by atoms with E-state index in [9.17, 15) is 0 Å². The molecule has 0 bridgehead atoms. The highest BCUT2D eigenvalue weighted by atomic mass is 15.0. The molecule has 0 saturated heterocycles. The lowest BCUT2D eigenvalue weighted by molar-refractivity contribution is 1.17. The van der Waals surface area contributed by atoms with E-state index < -0.39 is 0 Å². The van der Waals surface area contributed by atoms with Crippen molar-refractivity contribution in [2.75, 3.05) is 0 Å². The van der Waals surface area contributed by atoms with Crippen LogP contribution in [-0.2, 0) is 0 Å². The number of benzene rings is 9. The van der Waals surface area contributed by atoms with Gasteiger partial charge in [-0.2, -0.15) is 0 Å². The van der Waals surface area contributed by atoms with Crippen molar-refractivity contribution in [1.82, 2.24) is 18.7 Å². The number of pyridine rings is 1. The Hall–Kier alpha value is -8.47. The molecule has 13 rings (SSSR count). The van der Waals surface area contributed by atoms with Crippen LogP contribution in [0.4, 0.5) is 0 Å². The molecular formula is C59H38N4. The van der Waals surface area contributed by atoms with Crippen molar-refractivity contribution in [2.24, 2.45) is 0 Å². The molecule has 0 radical (unpaired) electrons. The molecule has 0 atom stereocenters. The lowest BCUT2D eigenvalue weighted by Gasteiger charge is -2.16. The highest BCUT2D eigenvalue weighted by Crippen LogP contribution is 2.44. The summed E-state index contributed by atoms with van der Waals surface area (Å²) in [5.41, 5.74) is 16.5. The Kier molecular flexibility index (Phi) is 7.87. The SMILES string of the molecule is c1ccc(-n2c3ccccc3c3cccc(-c4cc(-c5cccc6c7ccccc7n(-c7ccccc7)c56)nc(-c5cccc6c7ccccc7n(-c7ccccc7)c56)c4)c32)cc1. The van der Waals surface area contributed by atoms with Crippen molar-refractivity contribution in [3.05, 3.63) is 231 Å². The summed E-state index contributed by atoms with van der Waals surface area (Å²) in [6.45, 7) is 0. The first-order valence-electron chi connectivity index (χ1n) is 21.6. The van der Waals surface area contributed by atoms with Gasteiger partial charge in [0.25, 0.3) is 0 Å². The van der Waals surface area contributed by atoms with Gasteiger partial charge in [-0.1, -0.05) is 164 Å². The minimum Gasteiger partial charge on any atom is -0.309 e. The molecule has 4 heteroatoms. The summed E-state index contributed by atoms with van der Waals surface area (Å²) >= 11 is 0. The minimum absolute atomic E-state index is 0.909. The van der Waals surface area contributed by atoms with E-state index in [0.717, 1.165) is 72.8 Å². The highest BCUT2D eigenvalue weighted by Gasteiger charge is 2.23. The second-order valence-corrected chi connectivity index (χ2v) is 16.3. The quantitative estimate of drug-likeness (QED) is 0.165. The zero-order valence-electron chi connectivity index (χ0n) is 34.2. The molecule has 4 nitrogen and oxygen atoms in total. The van der Waals surface area contributed by atoms with Crippen molar-refractivity contribution >= 4 is 65.4 Å². The Morgan fingerprint density at radius 1 is 0.254 bits per heavy atom. The van der Waals surface area contributed by atoms with Crippen molar-refractivity contribution in [3.8, 4) is 50.7 Å². The molecule has 0 aliphatic heterocycles. The number of nitrogens with zero attached hydrogens (tertiary/aromatic N) is 4. The third-order valence-electron chi connectivity index (χ3n) is 12.8. The van der Waals surface area contributed by atoms with Crippen LogP contribution in [0.15, 0.2) is 231 Å². The fourth-order valence-corrected chi connectivity index (χ4v) is 10.2. The second-order valence-electron chi connectivity index (χ2n) is 16.3. The van der Waals surface area contributed by atoms with Crippen molar-refractivity contribution in [3.63, 3.8) is 0 Å². The average molecular weight is 803 g/mol. The predicted molar refractivity (Wildman–Crippen MR) is 264 cm³/mol. The normalized spacial score (nSPS) is 11.8. The van der Waals surface area contributed by atoms with E-state index in [1.807, 2.05) is 0 Å². The molecule has 13 aromatic rings. The summed E-state index contributed by atoms with van der Waals surface area (Å²) in [5.74, 6) is 0. The minimum atomic E-state index is 0.909. The van der Waals surface area contributed by atoms with Gasteiger partial charge in [-0.3, -0.25) is 0 Å². The Morgan fingerprint density at radius 3 is 0.937 bits per heavy atom. The molecule has 0 N–H and O–H groups in total. The lowest BCUT2D eigenvalue weighted by atomic mass is 9.96. The summed E-state index contributed by atoms with van der Waals surface area (Å²) < 4.78 is 7.26. The lowest BCUT2D eigenvalue weighted by Crippen LogP contribution is -1.99. The van der Waals surface area contributed by atoms with E-state index in [2.05, 4.69) is 244 Å². The van der Waals surface area contributed by atoms with Gasteiger partial charge in [-0.25, -0.2) is 4.98 Å². The van der Waals surface area contributed by atoms with Gasteiger partial charge in [0.2, 0.25) is 0 Å². The van der Waals surface area contributed by atoms with E-state index in [4.69, 9.17) is 4.98 Å². The number of fused-ring (bicyclic) bond motifs is 9. The molecule has 0 saturated carbocycles. The van der Waals surface area contributed by atoms with Gasteiger partial charge in [0, 0.05) is 66.1 Å². The monoisotopic (exact) mass is 802 g/mol. The van der Waals surface area contributed by atoms with E-state index >= 15 is 0 Å². The Morgan fingerprint density at radius 2 is 0.556 bits per heavy atom. The maximum Gasteiger partial charge on any atom is 0.0737 e. The van der Waals surface area contributed by atoms with Crippen LogP contribution in [0.5, 0.6) is 0 Å². The van der Waals surface area contributed by atoms with Gasteiger partial charge in [0.15, 0.2) is 0 Å². The first kappa shape index (κ1) is 35.3. The Labute approximate surface area is 363 Å². The number of hydrogen-bond acceptors (Lipinski definition) is 1. The summed E-state index contributed by atoms with van der Waals surface area (Å²) in [6, 6.07) is 83.2. The summed E-state index contributed by atoms with van der Waals surface area (Å²) in [4.78, 5) is 5.78. The smallest absolute Gasteiger partial charge is 0.0737 e. The molecular weight excluding hydrogens is 765 g/mol. The van der Waals surface area contributed by atoms with Crippen LogP contribution >= 0.6 is 0 Å². The molecule has 294 valence electrons. The van der Waals surface area contributed by atoms with Crippen LogP contribution in [0.3, 0.4) is 0 Å². The average Bonchev–Trinajstić information content (AvgIpc) is 4.01. The Balaban J connectivity index is 1.18. The first-order valence-corrected chi connectivity index (χ1v) is 21.6. The van der Waals surface area contributed by atoms with Crippen LogP contribution < -0.4 is 0 Å². The molecule has 4 heterocycles. The first-order chi connectivity index (χ1) is 31.3. The van der Waals surface area contributed by atoms with Crippen LogP contribution in [-0.4, -0.2) is 18.7 Å². The van der Waals surface area contributed by atoms with Crippen LogP contribution in [0.25, 0.3) is 116 Å².